The predicted molar refractivity (Wildman–Crippen MR) is 150 cm³/mol. The number of amides is 1. The van der Waals surface area contributed by atoms with Gasteiger partial charge < -0.3 is 25.0 Å². The Bertz CT molecular complexity index is 1210. The standard InChI is InChI=1S/C30H35N3O6S/c34-19-22-9-11-23(12-10-22)26-17-25(20-40-30-31-15-4-16-32-30)38-29(39-26)24-13-7-21(8-14-24)18-33-27(35)5-2-1-3-6-28(36)37/h4,7-16,25-26,29,34H,1-3,5-6,17-20H2,(H,33,35)(H,36,37)/t25-,26+,29+/m0/s1. The minimum absolute atomic E-state index is 0.00647. The fourth-order valence-electron chi connectivity index (χ4n) is 4.37. The Hall–Kier alpha value is -3.31. The van der Waals surface area contributed by atoms with E-state index in [9.17, 15) is 14.7 Å². The molecule has 40 heavy (non-hydrogen) atoms. The molecule has 1 saturated heterocycles. The number of carbonyl (C=O) groups is 2. The quantitative estimate of drug-likeness (QED) is 0.141. The van der Waals surface area contributed by atoms with Crippen LogP contribution in [0.5, 0.6) is 0 Å². The van der Waals surface area contributed by atoms with Crippen LogP contribution >= 0.6 is 11.8 Å². The molecule has 0 bridgehead atoms. The number of aromatic nitrogens is 2. The van der Waals surface area contributed by atoms with E-state index < -0.39 is 12.3 Å². The average molecular weight is 566 g/mol. The lowest BCUT2D eigenvalue weighted by molar-refractivity contribution is -0.245. The van der Waals surface area contributed by atoms with Crippen molar-refractivity contribution in [3.63, 3.8) is 0 Å². The molecule has 1 aliphatic rings. The van der Waals surface area contributed by atoms with E-state index in [0.717, 1.165) is 28.7 Å². The molecule has 10 heteroatoms. The summed E-state index contributed by atoms with van der Waals surface area (Å²) in [5, 5.41) is 21.7. The first-order valence-corrected chi connectivity index (χ1v) is 14.5. The highest BCUT2D eigenvalue weighted by molar-refractivity contribution is 7.99. The van der Waals surface area contributed by atoms with Crippen molar-refractivity contribution in [1.29, 1.82) is 0 Å². The van der Waals surface area contributed by atoms with Crippen molar-refractivity contribution in [3.8, 4) is 0 Å². The summed E-state index contributed by atoms with van der Waals surface area (Å²) >= 11 is 1.55. The van der Waals surface area contributed by atoms with E-state index in [1.54, 1.807) is 30.2 Å². The second kappa shape index (κ2) is 15.5. The van der Waals surface area contributed by atoms with E-state index >= 15 is 0 Å². The Labute approximate surface area is 238 Å². The Morgan fingerprint density at radius 3 is 2.27 bits per heavy atom. The van der Waals surface area contributed by atoms with Gasteiger partial charge in [0.2, 0.25) is 5.91 Å². The normalized spacial score (nSPS) is 18.8. The van der Waals surface area contributed by atoms with Crippen LogP contribution in [-0.2, 0) is 32.2 Å². The van der Waals surface area contributed by atoms with Crippen molar-refractivity contribution in [1.82, 2.24) is 15.3 Å². The van der Waals surface area contributed by atoms with Gasteiger partial charge in [0.25, 0.3) is 0 Å². The molecule has 1 aliphatic heterocycles. The number of unbranched alkanes of at least 4 members (excludes halogenated alkanes) is 2. The molecule has 1 aromatic heterocycles. The lowest BCUT2D eigenvalue weighted by atomic mass is 10.0. The van der Waals surface area contributed by atoms with Crippen LogP contribution < -0.4 is 5.32 Å². The zero-order chi connectivity index (χ0) is 28.2. The van der Waals surface area contributed by atoms with E-state index in [-0.39, 0.29) is 31.1 Å². The Kier molecular flexibility index (Phi) is 11.5. The van der Waals surface area contributed by atoms with Gasteiger partial charge in [0.1, 0.15) is 0 Å². The number of nitrogens with one attached hydrogen (secondary N) is 1. The van der Waals surface area contributed by atoms with Crippen LogP contribution in [0.25, 0.3) is 0 Å². The molecule has 2 aromatic carbocycles. The topological polar surface area (TPSA) is 131 Å². The van der Waals surface area contributed by atoms with Crippen molar-refractivity contribution in [2.45, 2.75) is 75.3 Å². The van der Waals surface area contributed by atoms with Gasteiger partial charge in [0, 0.05) is 49.5 Å². The number of rotatable bonds is 14. The minimum atomic E-state index is -0.805. The summed E-state index contributed by atoms with van der Waals surface area (Å²) in [5.41, 5.74) is 3.72. The second-order valence-corrected chi connectivity index (χ2v) is 10.7. The number of carbonyl (C=O) groups excluding carboxylic acids is 1. The molecule has 2 heterocycles. The Balaban J connectivity index is 1.34. The molecule has 9 nitrogen and oxygen atoms in total. The van der Waals surface area contributed by atoms with Gasteiger partial charge >= 0.3 is 5.97 Å². The summed E-state index contributed by atoms with van der Waals surface area (Å²) in [6.45, 7) is 0.407. The largest absolute Gasteiger partial charge is 0.481 e. The van der Waals surface area contributed by atoms with E-state index in [4.69, 9.17) is 14.6 Å². The first-order chi connectivity index (χ1) is 19.5. The third kappa shape index (κ3) is 9.41. The summed E-state index contributed by atoms with van der Waals surface area (Å²) in [6, 6.07) is 17.4. The summed E-state index contributed by atoms with van der Waals surface area (Å²) in [5.74, 6) is -0.174. The number of ether oxygens (including phenoxy) is 2. The third-order valence-electron chi connectivity index (χ3n) is 6.59. The molecule has 0 saturated carbocycles. The van der Waals surface area contributed by atoms with E-state index in [2.05, 4.69) is 15.3 Å². The van der Waals surface area contributed by atoms with Crippen molar-refractivity contribution in [2.75, 3.05) is 5.75 Å². The highest BCUT2D eigenvalue weighted by Gasteiger charge is 2.32. The molecular weight excluding hydrogens is 530 g/mol. The molecular formula is C30H35N3O6S. The maximum Gasteiger partial charge on any atom is 0.303 e. The first-order valence-electron chi connectivity index (χ1n) is 13.5. The zero-order valence-corrected chi connectivity index (χ0v) is 23.1. The molecule has 212 valence electrons. The zero-order valence-electron chi connectivity index (χ0n) is 22.3. The lowest BCUT2D eigenvalue weighted by Gasteiger charge is -2.36. The molecule has 4 rings (SSSR count). The average Bonchev–Trinajstić information content (AvgIpc) is 2.99. The SMILES string of the molecule is O=C(O)CCCCCC(=O)NCc1ccc([C@@H]2O[C@H](CSc3ncccn3)C[C@H](c3ccc(CO)cc3)O2)cc1. The smallest absolute Gasteiger partial charge is 0.303 e. The lowest BCUT2D eigenvalue weighted by Crippen LogP contribution is -2.31. The van der Waals surface area contributed by atoms with Crippen molar-refractivity contribution in [2.24, 2.45) is 0 Å². The summed E-state index contributed by atoms with van der Waals surface area (Å²) in [7, 11) is 0. The van der Waals surface area contributed by atoms with Gasteiger partial charge in [-0.2, -0.15) is 0 Å². The minimum Gasteiger partial charge on any atom is -0.481 e. The number of carboxylic acid groups (broad SMARTS) is 1. The molecule has 1 amide bonds. The highest BCUT2D eigenvalue weighted by Crippen LogP contribution is 2.39. The van der Waals surface area contributed by atoms with Crippen LogP contribution in [-0.4, -0.2) is 43.9 Å². The van der Waals surface area contributed by atoms with E-state index in [1.807, 2.05) is 48.5 Å². The van der Waals surface area contributed by atoms with E-state index in [0.29, 0.717) is 43.1 Å². The third-order valence-corrected chi connectivity index (χ3v) is 7.60. The second-order valence-electron chi connectivity index (χ2n) is 9.67. The predicted octanol–water partition coefficient (Wildman–Crippen LogP) is 4.96. The highest BCUT2D eigenvalue weighted by atomic mass is 32.2. The van der Waals surface area contributed by atoms with Crippen LogP contribution in [0.4, 0.5) is 0 Å². The number of aliphatic hydroxyl groups excluding tert-OH is 1. The number of thioether (sulfide) groups is 1. The molecule has 0 unspecified atom stereocenters. The maximum atomic E-state index is 12.1. The number of nitrogens with zero attached hydrogens (tertiary/aromatic N) is 2. The Morgan fingerprint density at radius 2 is 1.57 bits per heavy atom. The monoisotopic (exact) mass is 565 g/mol. The molecule has 0 radical (unpaired) electrons. The first kappa shape index (κ1) is 29.7. The van der Waals surface area contributed by atoms with Crippen molar-refractivity contribution in [3.05, 3.63) is 89.2 Å². The molecule has 3 atom stereocenters. The number of hydrogen-bond donors (Lipinski definition) is 3. The summed E-state index contributed by atoms with van der Waals surface area (Å²) in [4.78, 5) is 31.3. The maximum absolute atomic E-state index is 12.1. The van der Waals surface area contributed by atoms with Crippen LogP contribution in [0.3, 0.4) is 0 Å². The van der Waals surface area contributed by atoms with Gasteiger partial charge in [-0.3, -0.25) is 9.59 Å². The summed E-state index contributed by atoms with van der Waals surface area (Å²) in [6.07, 6.45) is 5.80. The van der Waals surface area contributed by atoms with Crippen LogP contribution in [0, 0.1) is 0 Å². The van der Waals surface area contributed by atoms with E-state index in [1.165, 1.54) is 0 Å². The van der Waals surface area contributed by atoms with Crippen molar-refractivity contribution < 1.29 is 29.3 Å². The fourth-order valence-corrected chi connectivity index (χ4v) is 5.19. The van der Waals surface area contributed by atoms with Crippen molar-refractivity contribution >= 4 is 23.6 Å². The van der Waals surface area contributed by atoms with Gasteiger partial charge in [0.15, 0.2) is 11.4 Å². The number of carboxylic acids is 1. The number of hydrogen-bond acceptors (Lipinski definition) is 8. The summed E-state index contributed by atoms with van der Waals surface area (Å²) < 4.78 is 12.8. The van der Waals surface area contributed by atoms with Gasteiger partial charge in [-0.15, -0.1) is 0 Å². The molecule has 0 spiro atoms. The van der Waals surface area contributed by atoms with Gasteiger partial charge in [-0.25, -0.2) is 9.97 Å². The fraction of sp³-hybridized carbons (Fsp3) is 0.400. The molecule has 3 aromatic rings. The van der Waals surface area contributed by atoms with Gasteiger partial charge in [0.05, 0.1) is 18.8 Å². The van der Waals surface area contributed by atoms with Crippen LogP contribution in [0.2, 0.25) is 0 Å². The molecule has 0 aliphatic carbocycles. The number of aliphatic hydroxyl groups is 1. The van der Waals surface area contributed by atoms with Crippen LogP contribution in [0.1, 0.15) is 73.2 Å². The number of benzene rings is 2. The van der Waals surface area contributed by atoms with Crippen LogP contribution in [0.15, 0.2) is 72.1 Å². The molecule has 3 N–H and O–H groups in total. The van der Waals surface area contributed by atoms with Gasteiger partial charge in [-0.05, 0) is 35.6 Å². The Morgan fingerprint density at radius 1 is 0.900 bits per heavy atom. The number of aliphatic carboxylic acids is 1. The van der Waals surface area contributed by atoms with Gasteiger partial charge in [-0.1, -0.05) is 66.7 Å². The molecule has 1 fully saturated rings.